The molecule has 0 aliphatic heterocycles. The van der Waals surface area contributed by atoms with E-state index in [4.69, 9.17) is 14.2 Å². The van der Waals surface area contributed by atoms with E-state index < -0.39 is 0 Å². The molecule has 6 nitrogen and oxygen atoms in total. The smallest absolute Gasteiger partial charge is 0.258 e. The van der Waals surface area contributed by atoms with Gasteiger partial charge >= 0.3 is 0 Å². The Hall–Kier alpha value is -3.02. The average Bonchev–Trinajstić information content (AvgIpc) is 2.60. The van der Waals surface area contributed by atoms with Crippen molar-refractivity contribution in [1.82, 2.24) is 9.97 Å². The van der Waals surface area contributed by atoms with E-state index in [0.717, 1.165) is 11.3 Å². The molecule has 3 rings (SSSR count). The normalized spacial score (nSPS) is 10.5. The van der Waals surface area contributed by atoms with Gasteiger partial charge in [0.05, 0.1) is 31.4 Å². The highest BCUT2D eigenvalue weighted by atomic mass is 16.5. The number of aromatic nitrogens is 2. The molecule has 1 heterocycles. The molecule has 0 saturated carbocycles. The Bertz CT molecular complexity index is 889. The van der Waals surface area contributed by atoms with Crippen LogP contribution in [0.3, 0.4) is 0 Å². The van der Waals surface area contributed by atoms with E-state index in [-0.39, 0.29) is 5.56 Å². The molecular weight excluding hydrogens is 296 g/mol. The summed E-state index contributed by atoms with van der Waals surface area (Å²) in [7, 11) is 3.21. The van der Waals surface area contributed by atoms with Crippen LogP contribution in [0.4, 0.5) is 0 Å². The van der Waals surface area contributed by atoms with Crippen LogP contribution in [-0.2, 0) is 6.61 Å². The second kappa shape index (κ2) is 6.39. The number of ether oxygens (including phenoxy) is 3. The summed E-state index contributed by atoms with van der Waals surface area (Å²) >= 11 is 0. The quantitative estimate of drug-likeness (QED) is 0.783. The van der Waals surface area contributed by atoms with Crippen LogP contribution in [0.25, 0.3) is 10.9 Å². The van der Waals surface area contributed by atoms with Gasteiger partial charge in [-0.05, 0) is 24.3 Å². The summed E-state index contributed by atoms with van der Waals surface area (Å²) in [4.78, 5) is 18.3. The highest BCUT2D eigenvalue weighted by molar-refractivity contribution is 5.78. The van der Waals surface area contributed by atoms with Crippen molar-refractivity contribution in [2.75, 3.05) is 14.2 Å². The fourth-order valence-electron chi connectivity index (χ4n) is 2.27. The summed E-state index contributed by atoms with van der Waals surface area (Å²) < 4.78 is 16.3. The molecule has 0 spiro atoms. The Morgan fingerprint density at radius 2 is 1.87 bits per heavy atom. The minimum atomic E-state index is -0.168. The molecule has 0 aliphatic rings. The van der Waals surface area contributed by atoms with Crippen LogP contribution < -0.4 is 19.8 Å². The Kier molecular flexibility index (Phi) is 4.14. The second-order valence-corrected chi connectivity index (χ2v) is 4.88. The Balaban J connectivity index is 1.82. The van der Waals surface area contributed by atoms with Gasteiger partial charge in [-0.1, -0.05) is 0 Å². The molecule has 0 bridgehead atoms. The summed E-state index contributed by atoms with van der Waals surface area (Å²) in [6.07, 6.45) is 1.38. The van der Waals surface area contributed by atoms with Crippen LogP contribution >= 0.6 is 0 Å². The van der Waals surface area contributed by atoms with Crippen LogP contribution in [0.1, 0.15) is 5.56 Å². The number of methoxy groups -OCH3 is 2. The molecule has 0 amide bonds. The van der Waals surface area contributed by atoms with Gasteiger partial charge in [0.1, 0.15) is 23.9 Å². The van der Waals surface area contributed by atoms with Gasteiger partial charge in [0, 0.05) is 17.7 Å². The van der Waals surface area contributed by atoms with Crippen molar-refractivity contribution < 1.29 is 14.2 Å². The number of H-pyrrole nitrogens is 1. The lowest BCUT2D eigenvalue weighted by Gasteiger charge is -2.12. The van der Waals surface area contributed by atoms with E-state index in [9.17, 15) is 4.79 Å². The molecule has 118 valence electrons. The minimum absolute atomic E-state index is 0.168. The van der Waals surface area contributed by atoms with E-state index in [2.05, 4.69) is 9.97 Å². The standard InChI is InChI=1S/C17H16N2O4/c1-21-12-4-3-11(16(8-12)22-2)9-23-13-5-6-14-15(7-13)18-10-19-17(14)20/h3-8,10H,9H2,1-2H3,(H,18,19,20). The first-order valence-electron chi connectivity index (χ1n) is 7.02. The highest BCUT2D eigenvalue weighted by Crippen LogP contribution is 2.26. The number of nitrogens with zero attached hydrogens (tertiary/aromatic N) is 1. The third kappa shape index (κ3) is 3.11. The summed E-state index contributed by atoms with van der Waals surface area (Å²) in [5, 5.41) is 0.530. The lowest BCUT2D eigenvalue weighted by Crippen LogP contribution is -2.06. The summed E-state index contributed by atoms with van der Waals surface area (Å²) in [6, 6.07) is 10.7. The molecule has 1 aromatic heterocycles. The molecule has 1 N–H and O–H groups in total. The first-order valence-corrected chi connectivity index (χ1v) is 7.02. The maximum atomic E-state index is 11.6. The van der Waals surface area contributed by atoms with Gasteiger partial charge in [-0.2, -0.15) is 0 Å². The summed E-state index contributed by atoms with van der Waals surface area (Å²) in [5.41, 5.74) is 1.32. The van der Waals surface area contributed by atoms with Crippen LogP contribution in [0, 0.1) is 0 Å². The summed E-state index contributed by atoms with van der Waals surface area (Å²) in [6.45, 7) is 0.335. The van der Waals surface area contributed by atoms with E-state index in [1.54, 1.807) is 38.5 Å². The van der Waals surface area contributed by atoms with Crippen LogP contribution in [0.5, 0.6) is 17.2 Å². The van der Waals surface area contributed by atoms with Crippen LogP contribution in [0.15, 0.2) is 47.5 Å². The number of hydrogen-bond donors (Lipinski definition) is 1. The van der Waals surface area contributed by atoms with E-state index in [1.165, 1.54) is 6.33 Å². The lowest BCUT2D eigenvalue weighted by molar-refractivity contribution is 0.296. The van der Waals surface area contributed by atoms with Gasteiger partial charge in [0.15, 0.2) is 0 Å². The third-order valence-corrected chi connectivity index (χ3v) is 3.50. The molecule has 0 radical (unpaired) electrons. The van der Waals surface area contributed by atoms with Gasteiger partial charge in [-0.3, -0.25) is 4.79 Å². The van der Waals surface area contributed by atoms with Gasteiger partial charge in [-0.25, -0.2) is 4.98 Å². The number of benzene rings is 2. The highest BCUT2D eigenvalue weighted by Gasteiger charge is 2.07. The van der Waals surface area contributed by atoms with Crippen molar-refractivity contribution >= 4 is 10.9 Å². The number of rotatable bonds is 5. The number of nitrogens with one attached hydrogen (secondary N) is 1. The van der Waals surface area contributed by atoms with Crippen molar-refractivity contribution in [2.24, 2.45) is 0 Å². The Morgan fingerprint density at radius 3 is 2.65 bits per heavy atom. The minimum Gasteiger partial charge on any atom is -0.497 e. The largest absolute Gasteiger partial charge is 0.497 e. The molecular formula is C17H16N2O4. The Labute approximate surface area is 132 Å². The maximum absolute atomic E-state index is 11.6. The molecule has 0 aliphatic carbocycles. The molecule has 0 fully saturated rings. The molecule has 0 atom stereocenters. The van der Waals surface area contributed by atoms with Gasteiger partial charge < -0.3 is 19.2 Å². The number of hydrogen-bond acceptors (Lipinski definition) is 5. The summed E-state index contributed by atoms with van der Waals surface area (Å²) in [5.74, 6) is 2.05. The van der Waals surface area contributed by atoms with Gasteiger partial charge in [-0.15, -0.1) is 0 Å². The van der Waals surface area contributed by atoms with E-state index in [0.29, 0.717) is 29.0 Å². The molecule has 0 unspecified atom stereocenters. The first kappa shape index (κ1) is 14.9. The number of aromatic amines is 1. The predicted octanol–water partition coefficient (Wildman–Crippen LogP) is 2.52. The van der Waals surface area contributed by atoms with Crippen molar-refractivity contribution in [1.29, 1.82) is 0 Å². The monoisotopic (exact) mass is 312 g/mol. The van der Waals surface area contributed by atoms with Crippen molar-refractivity contribution in [2.45, 2.75) is 6.61 Å². The average molecular weight is 312 g/mol. The Morgan fingerprint density at radius 1 is 1.04 bits per heavy atom. The van der Waals surface area contributed by atoms with Gasteiger partial charge in [0.2, 0.25) is 0 Å². The molecule has 0 saturated heterocycles. The van der Waals surface area contributed by atoms with Crippen LogP contribution in [0.2, 0.25) is 0 Å². The fraction of sp³-hybridized carbons (Fsp3) is 0.176. The zero-order valence-electron chi connectivity index (χ0n) is 12.8. The SMILES string of the molecule is COc1ccc(COc2ccc3c(=O)[nH]cnc3c2)c(OC)c1. The topological polar surface area (TPSA) is 73.4 Å². The number of fused-ring (bicyclic) bond motifs is 1. The molecule has 3 aromatic rings. The maximum Gasteiger partial charge on any atom is 0.258 e. The third-order valence-electron chi connectivity index (χ3n) is 3.50. The van der Waals surface area contributed by atoms with Crippen LogP contribution in [-0.4, -0.2) is 24.2 Å². The predicted molar refractivity (Wildman–Crippen MR) is 86.2 cm³/mol. The zero-order chi connectivity index (χ0) is 16.2. The zero-order valence-corrected chi connectivity index (χ0v) is 12.8. The van der Waals surface area contributed by atoms with E-state index in [1.807, 2.05) is 12.1 Å². The van der Waals surface area contributed by atoms with Crippen molar-refractivity contribution in [3.05, 3.63) is 58.6 Å². The van der Waals surface area contributed by atoms with E-state index >= 15 is 0 Å². The molecule has 6 heteroatoms. The molecule has 23 heavy (non-hydrogen) atoms. The van der Waals surface area contributed by atoms with Crippen molar-refractivity contribution in [3.8, 4) is 17.2 Å². The second-order valence-electron chi connectivity index (χ2n) is 4.88. The lowest BCUT2D eigenvalue weighted by atomic mass is 10.2. The first-order chi connectivity index (χ1) is 11.2. The molecule has 2 aromatic carbocycles. The van der Waals surface area contributed by atoms with Crippen molar-refractivity contribution in [3.63, 3.8) is 0 Å². The fourth-order valence-corrected chi connectivity index (χ4v) is 2.27. The van der Waals surface area contributed by atoms with Gasteiger partial charge in [0.25, 0.3) is 5.56 Å².